The van der Waals surface area contributed by atoms with E-state index >= 15 is 0 Å². The Balaban J connectivity index is 1.59. The van der Waals surface area contributed by atoms with Gasteiger partial charge in [0.2, 0.25) is 0 Å². The summed E-state index contributed by atoms with van der Waals surface area (Å²) in [7, 11) is 1.64. The third kappa shape index (κ3) is 4.73. The average Bonchev–Trinajstić information content (AvgIpc) is 2.68. The molecule has 7 heteroatoms. The zero-order valence-corrected chi connectivity index (χ0v) is 15.1. The summed E-state index contributed by atoms with van der Waals surface area (Å²) >= 11 is 0. The van der Waals surface area contributed by atoms with Gasteiger partial charge in [0.05, 0.1) is 24.5 Å². The number of para-hydroxylation sites is 2. The number of hydrogen-bond donors (Lipinski definition) is 1. The maximum atomic E-state index is 12.8. The van der Waals surface area contributed by atoms with Crippen LogP contribution < -0.4 is 9.64 Å². The minimum atomic E-state index is -4.41. The van der Waals surface area contributed by atoms with Gasteiger partial charge in [-0.3, -0.25) is 4.90 Å². The van der Waals surface area contributed by atoms with E-state index in [9.17, 15) is 18.3 Å². The monoisotopic (exact) mass is 380 g/mol. The van der Waals surface area contributed by atoms with Crippen molar-refractivity contribution in [2.24, 2.45) is 0 Å². The van der Waals surface area contributed by atoms with Crippen LogP contribution in [0.4, 0.5) is 18.9 Å². The highest BCUT2D eigenvalue weighted by Crippen LogP contribution is 2.31. The van der Waals surface area contributed by atoms with Crippen LogP contribution in [0.2, 0.25) is 0 Å². The number of halogens is 3. The van der Waals surface area contributed by atoms with Gasteiger partial charge in [-0.25, -0.2) is 0 Å². The van der Waals surface area contributed by atoms with Crippen molar-refractivity contribution in [2.75, 3.05) is 44.7 Å². The number of benzene rings is 2. The molecule has 0 spiro atoms. The van der Waals surface area contributed by atoms with Crippen molar-refractivity contribution >= 4 is 5.69 Å². The van der Waals surface area contributed by atoms with Gasteiger partial charge in [-0.1, -0.05) is 24.3 Å². The Kier molecular flexibility index (Phi) is 5.92. The van der Waals surface area contributed by atoms with Gasteiger partial charge in [-0.2, -0.15) is 13.2 Å². The first-order valence-corrected chi connectivity index (χ1v) is 8.84. The second-order valence-corrected chi connectivity index (χ2v) is 6.60. The molecular weight excluding hydrogens is 357 g/mol. The van der Waals surface area contributed by atoms with E-state index in [0.717, 1.165) is 36.7 Å². The first-order chi connectivity index (χ1) is 12.9. The van der Waals surface area contributed by atoms with Crippen LogP contribution in [0, 0.1) is 0 Å². The van der Waals surface area contributed by atoms with Crippen LogP contribution in [-0.4, -0.2) is 49.8 Å². The summed E-state index contributed by atoms with van der Waals surface area (Å²) in [6.07, 6.45) is -5.36. The lowest BCUT2D eigenvalue weighted by molar-refractivity contribution is -0.137. The Bertz CT molecular complexity index is 759. The molecule has 1 N–H and O–H groups in total. The summed E-state index contributed by atoms with van der Waals surface area (Å²) in [6, 6.07) is 12.7. The molecule has 3 rings (SSSR count). The van der Waals surface area contributed by atoms with E-state index in [-0.39, 0.29) is 5.56 Å². The van der Waals surface area contributed by atoms with E-state index in [1.54, 1.807) is 7.11 Å². The van der Waals surface area contributed by atoms with Crippen molar-refractivity contribution in [3.8, 4) is 5.75 Å². The van der Waals surface area contributed by atoms with Crippen molar-refractivity contribution in [2.45, 2.75) is 12.3 Å². The summed E-state index contributed by atoms with van der Waals surface area (Å²) in [5, 5.41) is 10.4. The number of β-amino-alcohol motifs (C(OH)–C–C–N with tert-alkyl or cyclic N) is 1. The highest BCUT2D eigenvalue weighted by molar-refractivity contribution is 5.58. The Morgan fingerprint density at radius 1 is 1.04 bits per heavy atom. The molecule has 1 atom stereocenters. The van der Waals surface area contributed by atoms with Crippen LogP contribution in [-0.2, 0) is 6.18 Å². The molecule has 0 amide bonds. The van der Waals surface area contributed by atoms with Gasteiger partial charge in [0.15, 0.2) is 0 Å². The average molecular weight is 380 g/mol. The molecule has 0 radical (unpaired) electrons. The predicted octanol–water partition coefficient (Wildman–Crippen LogP) is 3.57. The summed E-state index contributed by atoms with van der Waals surface area (Å²) in [6.45, 7) is 3.26. The Morgan fingerprint density at radius 3 is 2.41 bits per heavy atom. The van der Waals surface area contributed by atoms with Crippen molar-refractivity contribution < 1.29 is 23.0 Å². The van der Waals surface area contributed by atoms with Gasteiger partial charge in [-0.15, -0.1) is 0 Å². The smallest absolute Gasteiger partial charge is 0.416 e. The lowest BCUT2D eigenvalue weighted by Gasteiger charge is -2.37. The molecule has 2 aromatic rings. The lowest BCUT2D eigenvalue weighted by Crippen LogP contribution is -2.47. The molecule has 0 aliphatic carbocycles. The van der Waals surface area contributed by atoms with Gasteiger partial charge >= 0.3 is 6.18 Å². The minimum Gasteiger partial charge on any atom is -0.495 e. The normalized spacial score (nSPS) is 17.0. The number of anilines is 1. The predicted molar refractivity (Wildman–Crippen MR) is 98.1 cm³/mol. The Morgan fingerprint density at radius 2 is 1.74 bits per heavy atom. The third-order valence-electron chi connectivity index (χ3n) is 4.83. The highest BCUT2D eigenvalue weighted by atomic mass is 19.4. The molecule has 1 fully saturated rings. The molecule has 1 heterocycles. The van der Waals surface area contributed by atoms with Crippen molar-refractivity contribution in [3.05, 3.63) is 59.7 Å². The number of nitrogens with zero attached hydrogens (tertiary/aromatic N) is 2. The topological polar surface area (TPSA) is 35.9 Å². The van der Waals surface area contributed by atoms with E-state index in [1.807, 2.05) is 24.3 Å². The molecule has 0 saturated carbocycles. The molecular formula is C20H23F3N2O2. The van der Waals surface area contributed by atoms with E-state index in [2.05, 4.69) is 9.80 Å². The standard InChI is InChI=1S/C20H23F3N2O2/c1-27-19-8-3-2-7-17(19)25-11-9-24(10-12-25)14-18(26)15-5-4-6-16(13-15)20(21,22)23/h2-8,13,18,26H,9-12,14H2,1H3/t18-/m1/s1. The quantitative estimate of drug-likeness (QED) is 0.860. The van der Waals surface area contributed by atoms with Gasteiger partial charge in [0.1, 0.15) is 5.75 Å². The number of methoxy groups -OCH3 is 1. The Hall–Kier alpha value is -2.25. The van der Waals surface area contributed by atoms with Gasteiger partial charge in [0, 0.05) is 32.7 Å². The SMILES string of the molecule is COc1ccccc1N1CCN(C[C@@H](O)c2cccc(C(F)(F)F)c2)CC1. The number of aliphatic hydroxyl groups is 1. The number of hydrogen-bond acceptors (Lipinski definition) is 4. The summed E-state index contributed by atoms with van der Waals surface area (Å²) in [5.74, 6) is 0.815. The first kappa shape index (κ1) is 19.5. The van der Waals surface area contributed by atoms with Gasteiger partial charge in [0.25, 0.3) is 0 Å². The molecule has 4 nitrogen and oxygen atoms in total. The molecule has 27 heavy (non-hydrogen) atoms. The van der Waals surface area contributed by atoms with Crippen molar-refractivity contribution in [1.82, 2.24) is 4.90 Å². The minimum absolute atomic E-state index is 0.289. The third-order valence-corrected chi connectivity index (χ3v) is 4.83. The van der Waals surface area contributed by atoms with Crippen molar-refractivity contribution in [3.63, 3.8) is 0 Å². The van der Waals surface area contributed by atoms with Crippen LogP contribution in [0.1, 0.15) is 17.2 Å². The molecule has 0 unspecified atom stereocenters. The zero-order chi connectivity index (χ0) is 19.4. The number of aliphatic hydroxyl groups excluding tert-OH is 1. The van der Waals surface area contributed by atoms with Crippen LogP contribution >= 0.6 is 0 Å². The summed E-state index contributed by atoms with van der Waals surface area (Å²) in [5.41, 5.74) is 0.579. The molecule has 2 aromatic carbocycles. The van der Waals surface area contributed by atoms with E-state index in [0.29, 0.717) is 19.6 Å². The maximum absolute atomic E-state index is 12.8. The maximum Gasteiger partial charge on any atom is 0.416 e. The van der Waals surface area contributed by atoms with Gasteiger partial charge < -0.3 is 14.7 Å². The number of ether oxygens (including phenoxy) is 1. The number of piperazine rings is 1. The van der Waals surface area contributed by atoms with Crippen LogP contribution in [0.25, 0.3) is 0 Å². The largest absolute Gasteiger partial charge is 0.495 e. The highest BCUT2D eigenvalue weighted by Gasteiger charge is 2.31. The fourth-order valence-electron chi connectivity index (χ4n) is 3.33. The molecule has 1 aliphatic rings. The van der Waals surface area contributed by atoms with E-state index in [4.69, 9.17) is 4.74 Å². The van der Waals surface area contributed by atoms with Crippen molar-refractivity contribution in [1.29, 1.82) is 0 Å². The fraction of sp³-hybridized carbons (Fsp3) is 0.400. The van der Waals surface area contributed by atoms with Crippen LogP contribution in [0.15, 0.2) is 48.5 Å². The zero-order valence-electron chi connectivity index (χ0n) is 15.1. The second kappa shape index (κ2) is 8.19. The molecule has 0 bridgehead atoms. The van der Waals surface area contributed by atoms with Crippen LogP contribution in [0.5, 0.6) is 5.75 Å². The first-order valence-electron chi connectivity index (χ1n) is 8.84. The Labute approximate surface area is 156 Å². The summed E-state index contributed by atoms with van der Waals surface area (Å²) in [4.78, 5) is 4.28. The summed E-state index contributed by atoms with van der Waals surface area (Å²) < 4.78 is 43.9. The lowest BCUT2D eigenvalue weighted by atomic mass is 10.0. The molecule has 1 aliphatic heterocycles. The van der Waals surface area contributed by atoms with E-state index < -0.39 is 17.8 Å². The molecule has 1 saturated heterocycles. The van der Waals surface area contributed by atoms with Crippen LogP contribution in [0.3, 0.4) is 0 Å². The van der Waals surface area contributed by atoms with E-state index in [1.165, 1.54) is 12.1 Å². The second-order valence-electron chi connectivity index (χ2n) is 6.60. The molecule has 146 valence electrons. The molecule has 0 aromatic heterocycles. The van der Waals surface area contributed by atoms with Gasteiger partial charge in [-0.05, 0) is 29.8 Å². The fourth-order valence-corrected chi connectivity index (χ4v) is 3.33. The number of alkyl halides is 3. The number of rotatable bonds is 5.